The molecule has 3 heterocycles. The van der Waals surface area contributed by atoms with Crippen LogP contribution in [0, 0.1) is 25.7 Å². The van der Waals surface area contributed by atoms with Gasteiger partial charge in [-0.25, -0.2) is 4.98 Å². The second-order valence-electron chi connectivity index (χ2n) is 10.2. The third-order valence-electron chi connectivity index (χ3n) is 7.60. The molecule has 1 amide bonds. The Morgan fingerprint density at radius 1 is 1.03 bits per heavy atom. The fourth-order valence-electron chi connectivity index (χ4n) is 6.78. The first-order valence-electron chi connectivity index (χ1n) is 11.5. The smallest absolute Gasteiger partial charge is 0.270 e. The van der Waals surface area contributed by atoms with Gasteiger partial charge >= 0.3 is 0 Å². The van der Waals surface area contributed by atoms with Gasteiger partial charge in [-0.1, -0.05) is 6.07 Å². The molecule has 164 valence electrons. The van der Waals surface area contributed by atoms with Gasteiger partial charge in [-0.3, -0.25) is 9.78 Å². The normalized spacial score (nSPS) is 30.4. The monoisotopic (exact) mass is 429 g/mol. The van der Waals surface area contributed by atoms with Gasteiger partial charge in [-0.15, -0.1) is 10.2 Å². The summed E-state index contributed by atoms with van der Waals surface area (Å²) in [5.41, 5.74) is 2.74. The Hall–Kier alpha value is -3.09. The molecule has 0 spiro atoms. The highest BCUT2D eigenvalue weighted by Gasteiger charge is 2.60. The molecule has 0 aromatic carbocycles. The first-order chi connectivity index (χ1) is 15.4. The molecular weight excluding hydrogens is 402 g/mol. The van der Waals surface area contributed by atoms with Crippen molar-refractivity contribution >= 4 is 5.91 Å². The maximum absolute atomic E-state index is 13.1. The second-order valence-corrected chi connectivity index (χ2v) is 10.2. The standard InChI is InChI=1S/C25H27N5O2/c1-15-6-7-19(13-26-15)22-29-30-23(32-22)24-9-17-8-18(10-24)12-25(11-17,14-24)28-21(31)20-5-3-4-16(2)27-20/h3-7,13,17-18H,8-12,14H2,1-2H3,(H,28,31). The summed E-state index contributed by atoms with van der Waals surface area (Å²) in [5.74, 6) is 2.29. The van der Waals surface area contributed by atoms with Gasteiger partial charge in [0.15, 0.2) is 0 Å². The van der Waals surface area contributed by atoms with E-state index in [1.807, 2.05) is 38.1 Å². The number of aryl methyl sites for hydroxylation is 2. The van der Waals surface area contributed by atoms with Crippen molar-refractivity contribution in [1.82, 2.24) is 25.5 Å². The van der Waals surface area contributed by atoms with Gasteiger partial charge in [-0.2, -0.15) is 0 Å². The summed E-state index contributed by atoms with van der Waals surface area (Å²) in [6.45, 7) is 3.87. The van der Waals surface area contributed by atoms with Gasteiger partial charge in [0.1, 0.15) is 5.69 Å². The summed E-state index contributed by atoms with van der Waals surface area (Å²) in [6.07, 6.45) is 8.00. The van der Waals surface area contributed by atoms with E-state index < -0.39 is 0 Å². The molecule has 32 heavy (non-hydrogen) atoms. The van der Waals surface area contributed by atoms with Crippen LogP contribution in [-0.2, 0) is 5.41 Å². The number of hydrogen-bond donors (Lipinski definition) is 1. The van der Waals surface area contributed by atoms with Crippen molar-refractivity contribution in [3.63, 3.8) is 0 Å². The molecule has 2 atom stereocenters. The SMILES string of the molecule is Cc1ccc(-c2nnc(C34CC5CC(CC(NC(=O)c6cccc(C)n6)(C5)C3)C4)o2)cn1. The van der Waals surface area contributed by atoms with Crippen LogP contribution in [-0.4, -0.2) is 31.6 Å². The Labute approximate surface area is 187 Å². The number of rotatable bonds is 4. The van der Waals surface area contributed by atoms with Gasteiger partial charge in [0.25, 0.3) is 5.91 Å². The van der Waals surface area contributed by atoms with E-state index in [2.05, 4.69) is 25.5 Å². The lowest BCUT2D eigenvalue weighted by Gasteiger charge is -2.60. The van der Waals surface area contributed by atoms with E-state index in [0.717, 1.165) is 54.9 Å². The topological polar surface area (TPSA) is 93.8 Å². The zero-order valence-corrected chi connectivity index (χ0v) is 18.5. The summed E-state index contributed by atoms with van der Waals surface area (Å²) >= 11 is 0. The summed E-state index contributed by atoms with van der Waals surface area (Å²) in [7, 11) is 0. The van der Waals surface area contributed by atoms with Crippen LogP contribution < -0.4 is 5.32 Å². The fourth-order valence-corrected chi connectivity index (χ4v) is 6.78. The maximum atomic E-state index is 13.1. The minimum absolute atomic E-state index is 0.0808. The number of carbonyl (C=O) groups is 1. The Bertz CT molecular complexity index is 1170. The minimum atomic E-state index is -0.230. The Balaban J connectivity index is 1.30. The van der Waals surface area contributed by atoms with Crippen LogP contribution in [0.3, 0.4) is 0 Å². The van der Waals surface area contributed by atoms with Crippen LogP contribution >= 0.6 is 0 Å². The van der Waals surface area contributed by atoms with E-state index in [1.165, 1.54) is 6.42 Å². The van der Waals surface area contributed by atoms with E-state index in [9.17, 15) is 4.79 Å². The van der Waals surface area contributed by atoms with Crippen LogP contribution in [0.5, 0.6) is 0 Å². The molecule has 1 N–H and O–H groups in total. The first kappa shape index (κ1) is 19.6. The molecule has 4 aliphatic rings. The molecule has 4 fully saturated rings. The van der Waals surface area contributed by atoms with Crippen LogP contribution in [0.25, 0.3) is 11.5 Å². The zero-order chi connectivity index (χ0) is 21.9. The highest BCUT2D eigenvalue weighted by molar-refractivity contribution is 5.92. The number of pyridine rings is 2. The third kappa shape index (κ3) is 3.22. The molecule has 0 radical (unpaired) electrons. The lowest BCUT2D eigenvalue weighted by Crippen LogP contribution is -2.64. The number of aromatic nitrogens is 4. The number of amides is 1. The lowest BCUT2D eigenvalue weighted by atomic mass is 9.46. The minimum Gasteiger partial charge on any atom is -0.420 e. The molecule has 0 aliphatic heterocycles. The van der Waals surface area contributed by atoms with E-state index in [-0.39, 0.29) is 16.9 Å². The van der Waals surface area contributed by atoms with Crippen molar-refractivity contribution in [1.29, 1.82) is 0 Å². The predicted octanol–water partition coefficient (Wildman–Crippen LogP) is 4.16. The predicted molar refractivity (Wildman–Crippen MR) is 118 cm³/mol. The first-order valence-corrected chi connectivity index (χ1v) is 11.5. The third-order valence-corrected chi connectivity index (χ3v) is 7.60. The average molecular weight is 430 g/mol. The van der Waals surface area contributed by atoms with Gasteiger partial charge in [0, 0.05) is 23.1 Å². The van der Waals surface area contributed by atoms with Crippen molar-refractivity contribution in [2.24, 2.45) is 11.8 Å². The molecule has 3 aromatic heterocycles. The van der Waals surface area contributed by atoms with Gasteiger partial charge < -0.3 is 9.73 Å². The van der Waals surface area contributed by atoms with Crippen molar-refractivity contribution in [2.75, 3.05) is 0 Å². The number of nitrogens with one attached hydrogen (secondary N) is 1. The molecule has 2 unspecified atom stereocenters. The molecule has 4 bridgehead atoms. The van der Waals surface area contributed by atoms with Gasteiger partial charge in [0.2, 0.25) is 11.8 Å². The van der Waals surface area contributed by atoms with E-state index in [0.29, 0.717) is 23.4 Å². The Kier molecular flexibility index (Phi) is 4.26. The van der Waals surface area contributed by atoms with E-state index in [4.69, 9.17) is 4.42 Å². The maximum Gasteiger partial charge on any atom is 0.270 e. The van der Waals surface area contributed by atoms with Crippen LogP contribution in [0.15, 0.2) is 40.9 Å². The summed E-state index contributed by atoms with van der Waals surface area (Å²) in [5, 5.41) is 12.3. The van der Waals surface area contributed by atoms with E-state index >= 15 is 0 Å². The highest BCUT2D eigenvalue weighted by atomic mass is 16.4. The molecular formula is C25H27N5O2. The molecule has 4 saturated carbocycles. The molecule has 4 aliphatic carbocycles. The largest absolute Gasteiger partial charge is 0.420 e. The van der Waals surface area contributed by atoms with Crippen molar-refractivity contribution in [2.45, 2.75) is 63.3 Å². The highest BCUT2D eigenvalue weighted by Crippen LogP contribution is 2.62. The van der Waals surface area contributed by atoms with Crippen molar-refractivity contribution < 1.29 is 9.21 Å². The summed E-state index contributed by atoms with van der Waals surface area (Å²) < 4.78 is 6.26. The average Bonchev–Trinajstić information content (AvgIpc) is 3.24. The van der Waals surface area contributed by atoms with E-state index in [1.54, 1.807) is 12.3 Å². The number of nitrogens with zero attached hydrogens (tertiary/aromatic N) is 4. The Morgan fingerprint density at radius 3 is 2.56 bits per heavy atom. The van der Waals surface area contributed by atoms with Crippen LogP contribution in [0.4, 0.5) is 0 Å². The summed E-state index contributed by atoms with van der Waals surface area (Å²) in [4.78, 5) is 21.9. The quantitative estimate of drug-likeness (QED) is 0.669. The molecule has 7 rings (SSSR count). The van der Waals surface area contributed by atoms with Crippen molar-refractivity contribution in [3.8, 4) is 11.5 Å². The summed E-state index contributed by atoms with van der Waals surface area (Å²) in [6, 6.07) is 9.51. The number of hydrogen-bond acceptors (Lipinski definition) is 6. The van der Waals surface area contributed by atoms with Crippen LogP contribution in [0.1, 0.15) is 66.3 Å². The Morgan fingerprint density at radius 2 is 1.84 bits per heavy atom. The number of carbonyl (C=O) groups excluding carboxylic acids is 1. The lowest BCUT2D eigenvalue weighted by molar-refractivity contribution is -0.0471. The van der Waals surface area contributed by atoms with Crippen molar-refractivity contribution in [3.05, 3.63) is 59.5 Å². The molecule has 0 saturated heterocycles. The molecule has 7 nitrogen and oxygen atoms in total. The molecule has 7 heteroatoms. The second kappa shape index (κ2) is 6.95. The van der Waals surface area contributed by atoms with Crippen LogP contribution in [0.2, 0.25) is 0 Å². The van der Waals surface area contributed by atoms with Gasteiger partial charge in [-0.05, 0) is 88.5 Å². The fraction of sp³-hybridized carbons (Fsp3) is 0.480. The molecule has 3 aromatic rings. The van der Waals surface area contributed by atoms with Gasteiger partial charge in [0.05, 0.1) is 11.0 Å². The zero-order valence-electron chi connectivity index (χ0n) is 18.5.